The Morgan fingerprint density at radius 1 is 1.06 bits per heavy atom. The number of fused-ring (bicyclic) bond motifs is 1. The number of rotatable bonds is 6. The third-order valence-electron chi connectivity index (χ3n) is 6.01. The monoisotopic (exact) mass is 444 g/mol. The molecular formula is C22H28N4O4S. The summed E-state index contributed by atoms with van der Waals surface area (Å²) in [5.41, 5.74) is 3.18. The van der Waals surface area contributed by atoms with Crippen LogP contribution in [0.4, 0.5) is 5.69 Å². The number of nitrogens with zero attached hydrogens (tertiary/aromatic N) is 2. The number of likely N-dealkylation sites (tertiary alicyclic amines) is 1. The van der Waals surface area contributed by atoms with Gasteiger partial charge in [0.25, 0.3) is 5.91 Å². The molecule has 2 aliphatic heterocycles. The molecule has 0 aliphatic carbocycles. The van der Waals surface area contributed by atoms with Crippen molar-refractivity contribution < 1.29 is 18.0 Å². The molecule has 1 aromatic carbocycles. The molecule has 2 N–H and O–H groups in total. The average Bonchev–Trinajstić information content (AvgIpc) is 3.45. The van der Waals surface area contributed by atoms with Gasteiger partial charge in [-0.1, -0.05) is 18.2 Å². The van der Waals surface area contributed by atoms with Gasteiger partial charge in [-0.05, 0) is 44.7 Å². The second-order valence-corrected chi connectivity index (χ2v) is 9.85. The number of H-pyrrole nitrogens is 1. The Morgan fingerprint density at radius 3 is 2.52 bits per heavy atom. The Labute approximate surface area is 182 Å². The van der Waals surface area contributed by atoms with Crippen LogP contribution in [0.3, 0.4) is 0 Å². The van der Waals surface area contributed by atoms with E-state index in [1.165, 1.54) is 0 Å². The quantitative estimate of drug-likeness (QED) is 0.712. The van der Waals surface area contributed by atoms with Crippen LogP contribution in [0.1, 0.15) is 46.6 Å². The van der Waals surface area contributed by atoms with Gasteiger partial charge in [0.1, 0.15) is 4.90 Å². The number of benzene rings is 1. The zero-order valence-corrected chi connectivity index (χ0v) is 18.7. The number of hydrogen-bond donors (Lipinski definition) is 2. The van der Waals surface area contributed by atoms with Crippen LogP contribution in [-0.4, -0.2) is 56.3 Å². The van der Waals surface area contributed by atoms with Crippen molar-refractivity contribution in [2.24, 2.45) is 0 Å². The number of carbonyl (C=O) groups is 2. The maximum atomic E-state index is 13.1. The Morgan fingerprint density at radius 2 is 1.77 bits per heavy atom. The molecule has 1 saturated heterocycles. The topological polar surface area (TPSA) is 103 Å². The molecule has 0 saturated carbocycles. The van der Waals surface area contributed by atoms with Crippen molar-refractivity contribution in [3.63, 3.8) is 0 Å². The molecule has 0 bridgehead atoms. The number of sulfonamides is 1. The van der Waals surface area contributed by atoms with Gasteiger partial charge in [-0.25, -0.2) is 13.1 Å². The Hall–Kier alpha value is -2.65. The van der Waals surface area contributed by atoms with E-state index in [4.69, 9.17) is 0 Å². The number of amides is 2. The second-order valence-electron chi connectivity index (χ2n) is 8.15. The smallest absolute Gasteiger partial charge is 0.257 e. The van der Waals surface area contributed by atoms with Crippen LogP contribution >= 0.6 is 0 Å². The summed E-state index contributed by atoms with van der Waals surface area (Å²) in [7, 11) is -3.95. The normalized spacial score (nSPS) is 16.1. The van der Waals surface area contributed by atoms with E-state index in [1.807, 2.05) is 24.3 Å². The summed E-state index contributed by atoms with van der Waals surface area (Å²) < 4.78 is 28.7. The van der Waals surface area contributed by atoms with Crippen molar-refractivity contribution >= 4 is 27.5 Å². The summed E-state index contributed by atoms with van der Waals surface area (Å²) in [6.45, 7) is 5.22. The number of hydrogen-bond acceptors (Lipinski definition) is 4. The number of aryl methyl sites for hydroxylation is 2. The molecule has 2 aromatic rings. The number of aromatic amines is 1. The average molecular weight is 445 g/mol. The molecule has 1 aromatic heterocycles. The molecule has 0 radical (unpaired) electrons. The van der Waals surface area contributed by atoms with E-state index >= 15 is 0 Å². The van der Waals surface area contributed by atoms with Crippen molar-refractivity contribution in [1.82, 2.24) is 14.6 Å². The summed E-state index contributed by atoms with van der Waals surface area (Å²) >= 11 is 0. The predicted octanol–water partition coefficient (Wildman–Crippen LogP) is 2.13. The van der Waals surface area contributed by atoms with E-state index < -0.39 is 10.0 Å². The van der Waals surface area contributed by atoms with Gasteiger partial charge in [0.05, 0.1) is 5.56 Å². The number of anilines is 1. The second kappa shape index (κ2) is 8.47. The van der Waals surface area contributed by atoms with Crippen LogP contribution < -0.4 is 9.62 Å². The summed E-state index contributed by atoms with van der Waals surface area (Å²) in [5, 5.41) is 0. The molecule has 0 spiro atoms. The van der Waals surface area contributed by atoms with Crippen molar-refractivity contribution in [1.29, 1.82) is 0 Å². The molecule has 4 rings (SSSR count). The molecule has 0 unspecified atom stereocenters. The largest absolute Gasteiger partial charge is 0.361 e. The molecule has 31 heavy (non-hydrogen) atoms. The molecule has 2 amide bonds. The minimum Gasteiger partial charge on any atom is -0.361 e. The highest BCUT2D eigenvalue weighted by Gasteiger charge is 2.32. The van der Waals surface area contributed by atoms with Crippen molar-refractivity contribution in [3.8, 4) is 0 Å². The van der Waals surface area contributed by atoms with Crippen LogP contribution in [0.25, 0.3) is 0 Å². The van der Waals surface area contributed by atoms with Crippen molar-refractivity contribution in [2.45, 2.75) is 44.4 Å². The third-order valence-corrected chi connectivity index (χ3v) is 7.64. The summed E-state index contributed by atoms with van der Waals surface area (Å²) in [6, 6.07) is 7.75. The maximum absolute atomic E-state index is 13.1. The lowest BCUT2D eigenvalue weighted by Crippen LogP contribution is -2.35. The highest BCUT2D eigenvalue weighted by molar-refractivity contribution is 7.89. The maximum Gasteiger partial charge on any atom is 0.257 e. The highest BCUT2D eigenvalue weighted by Crippen LogP contribution is 2.28. The third kappa shape index (κ3) is 4.12. The van der Waals surface area contributed by atoms with Gasteiger partial charge >= 0.3 is 0 Å². The van der Waals surface area contributed by atoms with Crippen LogP contribution in [0.2, 0.25) is 0 Å². The Balaban J connectivity index is 1.46. The minimum absolute atomic E-state index is 0.0131. The first-order chi connectivity index (χ1) is 14.8. The summed E-state index contributed by atoms with van der Waals surface area (Å²) in [4.78, 5) is 32.0. The van der Waals surface area contributed by atoms with E-state index in [2.05, 4.69) is 9.71 Å². The first-order valence-corrected chi connectivity index (χ1v) is 12.1. The van der Waals surface area contributed by atoms with Gasteiger partial charge in [-0.2, -0.15) is 0 Å². The predicted molar refractivity (Wildman–Crippen MR) is 118 cm³/mol. The zero-order chi connectivity index (χ0) is 22.2. The molecule has 1 fully saturated rings. The van der Waals surface area contributed by atoms with Crippen LogP contribution in [0.15, 0.2) is 29.2 Å². The van der Waals surface area contributed by atoms with Crippen LogP contribution in [0.5, 0.6) is 0 Å². The molecule has 3 heterocycles. The fraction of sp³-hybridized carbons (Fsp3) is 0.455. The zero-order valence-electron chi connectivity index (χ0n) is 17.9. The van der Waals surface area contributed by atoms with Crippen molar-refractivity contribution in [3.05, 3.63) is 46.8 Å². The standard InChI is InChI=1S/C22H28N4O4S/c1-15-20(22(28)25-12-5-6-13-25)21(16(2)24-15)31(29,30)23-11-9-19(27)26-14-10-17-7-3-4-8-18(17)26/h3-4,7-8,23-24H,5-6,9-14H2,1-2H3. The number of carbonyl (C=O) groups excluding carboxylic acids is 2. The molecule has 9 heteroatoms. The first kappa shape index (κ1) is 21.6. The Bertz CT molecular complexity index is 1120. The molecule has 166 valence electrons. The highest BCUT2D eigenvalue weighted by atomic mass is 32.2. The van der Waals surface area contributed by atoms with Crippen molar-refractivity contribution in [2.75, 3.05) is 31.1 Å². The minimum atomic E-state index is -3.95. The Kier molecular flexibility index (Phi) is 5.90. The molecule has 0 atom stereocenters. The fourth-order valence-electron chi connectivity index (χ4n) is 4.53. The van der Waals surface area contributed by atoms with Crippen LogP contribution in [0, 0.1) is 13.8 Å². The van der Waals surface area contributed by atoms with E-state index in [1.54, 1.807) is 23.6 Å². The number of aromatic nitrogens is 1. The lowest BCUT2D eigenvalue weighted by atomic mass is 10.2. The van der Waals surface area contributed by atoms with E-state index in [0.29, 0.717) is 31.0 Å². The fourth-order valence-corrected chi connectivity index (χ4v) is 6.01. The number of para-hydroxylation sites is 1. The van der Waals surface area contributed by atoms with E-state index in [-0.39, 0.29) is 35.2 Å². The van der Waals surface area contributed by atoms with E-state index in [0.717, 1.165) is 30.5 Å². The van der Waals surface area contributed by atoms with Gasteiger partial charge in [0.15, 0.2) is 0 Å². The summed E-state index contributed by atoms with van der Waals surface area (Å²) in [6.07, 6.45) is 2.70. The number of nitrogens with one attached hydrogen (secondary N) is 2. The lowest BCUT2D eigenvalue weighted by molar-refractivity contribution is -0.118. The van der Waals surface area contributed by atoms with Gasteiger partial charge in [0.2, 0.25) is 15.9 Å². The van der Waals surface area contributed by atoms with Gasteiger partial charge in [0, 0.05) is 49.7 Å². The van der Waals surface area contributed by atoms with Gasteiger partial charge in [-0.15, -0.1) is 0 Å². The first-order valence-electron chi connectivity index (χ1n) is 10.7. The lowest BCUT2D eigenvalue weighted by Gasteiger charge is -2.18. The SMILES string of the molecule is Cc1[nH]c(C)c(S(=O)(=O)NCCC(=O)N2CCc3ccccc32)c1C(=O)N1CCCC1. The van der Waals surface area contributed by atoms with Crippen LogP contribution in [-0.2, 0) is 21.2 Å². The van der Waals surface area contributed by atoms with E-state index in [9.17, 15) is 18.0 Å². The molecule has 8 nitrogen and oxygen atoms in total. The van der Waals surface area contributed by atoms with Gasteiger partial charge < -0.3 is 14.8 Å². The summed E-state index contributed by atoms with van der Waals surface area (Å²) in [5.74, 6) is -0.382. The molecular weight excluding hydrogens is 416 g/mol. The molecule has 2 aliphatic rings. The van der Waals surface area contributed by atoms with Gasteiger partial charge in [-0.3, -0.25) is 9.59 Å².